The summed E-state index contributed by atoms with van der Waals surface area (Å²) >= 11 is 0. The van der Waals surface area contributed by atoms with E-state index < -0.39 is 5.82 Å². The second-order valence-electron chi connectivity index (χ2n) is 8.75. The lowest BCUT2D eigenvalue weighted by Crippen LogP contribution is -2.60. The van der Waals surface area contributed by atoms with E-state index >= 15 is 0 Å². The molecule has 0 bridgehead atoms. The van der Waals surface area contributed by atoms with Gasteiger partial charge in [0.05, 0.1) is 30.4 Å². The third-order valence-electron chi connectivity index (χ3n) is 6.88. The maximum Gasteiger partial charge on any atom is 0.243 e. The zero-order valence-electron chi connectivity index (χ0n) is 17.7. The average molecular weight is 426 g/mol. The molecule has 2 fully saturated rings. The van der Waals surface area contributed by atoms with Crippen LogP contribution in [0.3, 0.4) is 0 Å². The number of halogens is 1. The molecule has 0 aliphatic carbocycles. The van der Waals surface area contributed by atoms with Crippen molar-refractivity contribution in [1.82, 2.24) is 21.2 Å². The number of anilines is 1. The molecule has 2 aromatic rings. The minimum absolute atomic E-state index is 0.0210. The number of aryl methyl sites for hydroxylation is 1. The van der Waals surface area contributed by atoms with Crippen molar-refractivity contribution >= 4 is 11.6 Å². The second kappa shape index (κ2) is 7.96. The number of hydrazine groups is 2. The number of carbonyl (C=O) groups is 1. The monoisotopic (exact) mass is 425 g/mol. The highest BCUT2D eigenvalue weighted by Crippen LogP contribution is 2.35. The summed E-state index contributed by atoms with van der Waals surface area (Å²) in [5.41, 5.74) is 14.3. The van der Waals surface area contributed by atoms with Crippen LogP contribution < -0.4 is 21.3 Å². The van der Waals surface area contributed by atoms with E-state index in [0.717, 1.165) is 24.1 Å². The largest absolute Gasteiger partial charge is 0.394 e. The number of likely N-dealkylation sites (N-methyl/N-ethyl adjacent to an activating group) is 1. The van der Waals surface area contributed by atoms with E-state index in [9.17, 15) is 14.3 Å². The first-order chi connectivity index (χ1) is 15.0. The topological polar surface area (TPSA) is 79.9 Å². The number of hydrogen-bond acceptors (Lipinski definition) is 6. The van der Waals surface area contributed by atoms with Crippen LogP contribution in [-0.4, -0.2) is 48.2 Å². The Hall–Kier alpha value is -2.36. The van der Waals surface area contributed by atoms with Gasteiger partial charge in [0, 0.05) is 19.0 Å². The van der Waals surface area contributed by atoms with Gasteiger partial charge in [0.2, 0.25) is 5.91 Å². The molecule has 2 aromatic carbocycles. The van der Waals surface area contributed by atoms with E-state index in [1.54, 1.807) is 19.1 Å². The normalized spacial score (nSPS) is 28.5. The molecule has 164 valence electrons. The van der Waals surface area contributed by atoms with Crippen molar-refractivity contribution in [1.29, 1.82) is 0 Å². The molecule has 0 saturated carbocycles. The van der Waals surface area contributed by atoms with Gasteiger partial charge in [-0.1, -0.05) is 30.3 Å². The summed E-state index contributed by atoms with van der Waals surface area (Å²) in [6.07, 6.45) is 1.22. The predicted octanol–water partition coefficient (Wildman–Crippen LogP) is 1.48. The number of rotatable bonds is 3. The van der Waals surface area contributed by atoms with Crippen molar-refractivity contribution in [2.45, 2.75) is 43.9 Å². The first-order valence-electron chi connectivity index (χ1n) is 10.8. The van der Waals surface area contributed by atoms with Crippen LogP contribution in [-0.2, 0) is 11.2 Å². The highest BCUT2D eigenvalue weighted by Gasteiger charge is 2.44. The van der Waals surface area contributed by atoms with E-state index in [4.69, 9.17) is 0 Å². The molecular weight excluding hydrogens is 397 g/mol. The van der Waals surface area contributed by atoms with Crippen LogP contribution in [0.4, 0.5) is 10.1 Å². The first-order valence-corrected chi connectivity index (χ1v) is 10.8. The number of nitrogens with one attached hydrogen (secondary N) is 3. The number of aliphatic hydroxyl groups is 1. The third-order valence-corrected chi connectivity index (χ3v) is 6.88. The number of benzene rings is 2. The number of nitrogens with zero attached hydrogens (tertiary/aromatic N) is 2. The van der Waals surface area contributed by atoms with Gasteiger partial charge < -0.3 is 5.11 Å². The summed E-state index contributed by atoms with van der Waals surface area (Å²) in [4.78, 5) is 15.0. The molecule has 8 heteroatoms. The quantitative estimate of drug-likeness (QED) is 0.597. The molecule has 4 unspecified atom stereocenters. The van der Waals surface area contributed by atoms with Crippen LogP contribution in [0, 0.1) is 12.7 Å². The molecule has 3 heterocycles. The summed E-state index contributed by atoms with van der Waals surface area (Å²) in [5, 5.41) is 11.3. The van der Waals surface area contributed by atoms with Gasteiger partial charge in [-0.25, -0.2) is 20.3 Å². The fourth-order valence-corrected chi connectivity index (χ4v) is 5.11. The Morgan fingerprint density at radius 3 is 2.84 bits per heavy atom. The number of carbonyl (C=O) groups excluding carboxylic acids is 1. The zero-order chi connectivity index (χ0) is 21.7. The number of para-hydroxylation sites is 1. The second-order valence-corrected chi connectivity index (χ2v) is 8.75. The van der Waals surface area contributed by atoms with Gasteiger partial charge in [0.25, 0.3) is 0 Å². The van der Waals surface area contributed by atoms with Crippen molar-refractivity contribution < 1.29 is 14.3 Å². The van der Waals surface area contributed by atoms with Crippen LogP contribution in [0.25, 0.3) is 0 Å². The number of aliphatic hydroxyl groups excluding tert-OH is 1. The lowest BCUT2D eigenvalue weighted by atomic mass is 9.87. The summed E-state index contributed by atoms with van der Waals surface area (Å²) in [6.45, 7) is 2.80. The van der Waals surface area contributed by atoms with Gasteiger partial charge in [-0.15, -0.1) is 0 Å². The molecule has 0 aromatic heterocycles. The van der Waals surface area contributed by atoms with Crippen LogP contribution in [0.2, 0.25) is 0 Å². The van der Waals surface area contributed by atoms with Crippen LogP contribution in [0.5, 0.6) is 0 Å². The van der Waals surface area contributed by atoms with Crippen molar-refractivity contribution in [3.63, 3.8) is 0 Å². The molecule has 7 nitrogen and oxygen atoms in total. The lowest BCUT2D eigenvalue weighted by Gasteiger charge is -2.38. The van der Waals surface area contributed by atoms with E-state index in [-0.39, 0.29) is 48.8 Å². The fraction of sp³-hybridized carbons (Fsp3) is 0.435. The van der Waals surface area contributed by atoms with Gasteiger partial charge in [-0.05, 0) is 48.7 Å². The van der Waals surface area contributed by atoms with Gasteiger partial charge in [-0.3, -0.25) is 15.1 Å². The molecule has 4 atom stereocenters. The van der Waals surface area contributed by atoms with Crippen molar-refractivity contribution in [3.8, 4) is 0 Å². The lowest BCUT2D eigenvalue weighted by molar-refractivity contribution is -0.121. The zero-order valence-corrected chi connectivity index (χ0v) is 17.7. The minimum Gasteiger partial charge on any atom is -0.394 e. The van der Waals surface area contributed by atoms with E-state index in [2.05, 4.69) is 39.4 Å². The number of hydrogen-bond donors (Lipinski definition) is 4. The molecule has 1 amide bonds. The Labute approximate surface area is 181 Å². The van der Waals surface area contributed by atoms with Crippen molar-refractivity contribution in [2.24, 2.45) is 0 Å². The molecule has 31 heavy (non-hydrogen) atoms. The molecule has 2 saturated heterocycles. The molecular formula is C23H28FN5O2. The molecule has 4 N–H and O–H groups in total. The highest BCUT2D eigenvalue weighted by molar-refractivity contribution is 5.94. The fourth-order valence-electron chi connectivity index (χ4n) is 5.11. The smallest absolute Gasteiger partial charge is 0.243 e. The molecule has 3 aliphatic rings. The highest BCUT2D eigenvalue weighted by atomic mass is 19.1. The minimum atomic E-state index is -0.419. The SMILES string of the molecule is Cc1cccc(F)c1N1NC2C(CC1=O)NNC2c1ccc2c(c1)C(CO)N(C)CC2. The maximum atomic E-state index is 14.6. The first kappa shape index (κ1) is 20.5. The Morgan fingerprint density at radius 2 is 2.06 bits per heavy atom. The standard InChI is InChI=1S/C23H28FN5O2/c1-13-4-3-5-17(24)23(13)29-20(31)11-18-22(27-29)21(26-25-18)15-7-6-14-8-9-28(2)19(12-30)16(14)10-15/h3-7,10,18-19,21-22,25-27,30H,8-9,11-12H2,1-2H3. The number of amides is 1. The van der Waals surface area contributed by atoms with Gasteiger partial charge >= 0.3 is 0 Å². The van der Waals surface area contributed by atoms with E-state index in [0.29, 0.717) is 5.56 Å². The maximum absolute atomic E-state index is 14.6. The van der Waals surface area contributed by atoms with Crippen molar-refractivity contribution in [2.75, 3.05) is 25.2 Å². The van der Waals surface area contributed by atoms with E-state index in [1.807, 2.05) is 7.05 Å². The summed E-state index contributed by atoms with van der Waals surface area (Å²) in [6, 6.07) is 10.9. The Bertz CT molecular complexity index is 995. The molecule has 0 radical (unpaired) electrons. The Kier molecular flexibility index (Phi) is 5.27. The number of fused-ring (bicyclic) bond motifs is 2. The third kappa shape index (κ3) is 3.44. The molecule has 5 rings (SSSR count). The van der Waals surface area contributed by atoms with Gasteiger partial charge in [-0.2, -0.15) is 0 Å². The van der Waals surface area contributed by atoms with Crippen molar-refractivity contribution in [3.05, 3.63) is 64.5 Å². The van der Waals surface area contributed by atoms with Gasteiger partial charge in [0.15, 0.2) is 0 Å². The Balaban J connectivity index is 1.46. The van der Waals surface area contributed by atoms with Crippen LogP contribution >= 0.6 is 0 Å². The van der Waals surface area contributed by atoms with Crippen LogP contribution in [0.1, 0.15) is 40.8 Å². The summed E-state index contributed by atoms with van der Waals surface area (Å²) in [7, 11) is 2.03. The summed E-state index contributed by atoms with van der Waals surface area (Å²) in [5.74, 6) is -0.589. The molecule has 3 aliphatic heterocycles. The molecule has 0 spiro atoms. The Morgan fingerprint density at radius 1 is 1.23 bits per heavy atom. The van der Waals surface area contributed by atoms with Gasteiger partial charge in [0.1, 0.15) is 5.82 Å². The van der Waals surface area contributed by atoms with E-state index in [1.165, 1.54) is 16.6 Å². The summed E-state index contributed by atoms with van der Waals surface area (Å²) < 4.78 is 14.6. The average Bonchev–Trinajstić information content (AvgIpc) is 3.16. The predicted molar refractivity (Wildman–Crippen MR) is 116 cm³/mol. The van der Waals surface area contributed by atoms with Crippen LogP contribution in [0.15, 0.2) is 36.4 Å².